The molecule has 0 aliphatic heterocycles. The molecule has 2 heterocycles. The standard InChI is InChI=1S/C20H21N5O3S/c1-14(19(26)22-16-7-5-15(12-21)6-8-16)25(9-10-27-2)13-18-23-24-20(28-18)17-4-3-11-29-17/h3-8,11,14H,9-10,13H2,1-2H3,(H,22,26)/t14-/m1/s1. The van der Waals surface area contributed by atoms with E-state index in [1.165, 1.54) is 11.3 Å². The van der Waals surface area contributed by atoms with E-state index in [1.54, 1.807) is 31.4 Å². The van der Waals surface area contributed by atoms with Crippen LogP contribution in [0.5, 0.6) is 0 Å². The molecule has 0 radical (unpaired) electrons. The number of ether oxygens (including phenoxy) is 1. The van der Waals surface area contributed by atoms with Crippen LogP contribution in [0.15, 0.2) is 46.2 Å². The van der Waals surface area contributed by atoms with Gasteiger partial charge in [-0.3, -0.25) is 9.69 Å². The van der Waals surface area contributed by atoms with Gasteiger partial charge in [-0.2, -0.15) is 5.26 Å². The van der Waals surface area contributed by atoms with Gasteiger partial charge in [-0.1, -0.05) is 6.07 Å². The molecule has 0 unspecified atom stereocenters. The number of rotatable bonds is 9. The van der Waals surface area contributed by atoms with Crippen LogP contribution in [0.2, 0.25) is 0 Å². The first-order chi connectivity index (χ1) is 14.1. The molecule has 1 N–H and O–H groups in total. The van der Waals surface area contributed by atoms with Gasteiger partial charge in [-0.05, 0) is 42.6 Å². The Morgan fingerprint density at radius 3 is 2.79 bits per heavy atom. The van der Waals surface area contributed by atoms with Crippen molar-refractivity contribution in [1.82, 2.24) is 15.1 Å². The number of hydrogen-bond acceptors (Lipinski definition) is 8. The molecule has 0 saturated carbocycles. The number of nitriles is 1. The second kappa shape index (κ2) is 9.93. The molecule has 1 atom stereocenters. The van der Waals surface area contributed by atoms with Crippen molar-refractivity contribution in [3.8, 4) is 16.8 Å². The fourth-order valence-electron chi connectivity index (χ4n) is 2.65. The zero-order valence-electron chi connectivity index (χ0n) is 16.2. The number of hydrogen-bond donors (Lipinski definition) is 1. The summed E-state index contributed by atoms with van der Waals surface area (Å²) < 4.78 is 10.9. The van der Waals surface area contributed by atoms with Gasteiger partial charge < -0.3 is 14.5 Å². The molecule has 2 aromatic heterocycles. The summed E-state index contributed by atoms with van der Waals surface area (Å²) in [4.78, 5) is 15.5. The molecule has 3 aromatic rings. The molecule has 1 aromatic carbocycles. The van der Waals surface area contributed by atoms with Gasteiger partial charge in [-0.25, -0.2) is 0 Å². The quantitative estimate of drug-likeness (QED) is 0.577. The lowest BCUT2D eigenvalue weighted by atomic mass is 10.2. The number of nitrogens with zero attached hydrogens (tertiary/aromatic N) is 4. The fraction of sp³-hybridized carbons (Fsp3) is 0.300. The molecule has 0 aliphatic rings. The Bertz CT molecular complexity index is 963. The van der Waals surface area contributed by atoms with E-state index in [0.717, 1.165) is 4.88 Å². The molecule has 29 heavy (non-hydrogen) atoms. The molecular formula is C20H21N5O3S. The van der Waals surface area contributed by atoms with Crippen molar-refractivity contribution in [2.24, 2.45) is 0 Å². The van der Waals surface area contributed by atoms with Crippen molar-refractivity contribution in [2.75, 3.05) is 25.6 Å². The van der Waals surface area contributed by atoms with Gasteiger partial charge >= 0.3 is 0 Å². The summed E-state index contributed by atoms with van der Waals surface area (Å²) in [5.74, 6) is 0.725. The van der Waals surface area contributed by atoms with Crippen LogP contribution in [-0.2, 0) is 16.1 Å². The van der Waals surface area contributed by atoms with Crippen molar-refractivity contribution in [1.29, 1.82) is 5.26 Å². The minimum absolute atomic E-state index is 0.177. The normalized spacial score (nSPS) is 11.9. The van der Waals surface area contributed by atoms with Crippen LogP contribution >= 0.6 is 11.3 Å². The van der Waals surface area contributed by atoms with E-state index in [0.29, 0.717) is 42.7 Å². The SMILES string of the molecule is COCCN(Cc1nnc(-c2cccs2)o1)[C@H](C)C(=O)Nc1ccc(C#N)cc1. The topological polar surface area (TPSA) is 104 Å². The monoisotopic (exact) mass is 411 g/mol. The van der Waals surface area contributed by atoms with Gasteiger partial charge in [0.15, 0.2) is 0 Å². The predicted molar refractivity (Wildman–Crippen MR) is 109 cm³/mol. The summed E-state index contributed by atoms with van der Waals surface area (Å²) in [7, 11) is 1.61. The van der Waals surface area contributed by atoms with Crippen LogP contribution in [0.1, 0.15) is 18.4 Å². The Labute approximate surface area is 172 Å². The maximum absolute atomic E-state index is 12.7. The van der Waals surface area contributed by atoms with E-state index >= 15 is 0 Å². The zero-order valence-corrected chi connectivity index (χ0v) is 17.0. The van der Waals surface area contributed by atoms with E-state index in [1.807, 2.05) is 29.3 Å². The number of amides is 1. The number of carbonyl (C=O) groups excluding carboxylic acids is 1. The number of benzene rings is 1. The number of carbonyl (C=O) groups is 1. The number of methoxy groups -OCH3 is 1. The minimum atomic E-state index is -0.460. The molecule has 150 valence electrons. The average molecular weight is 411 g/mol. The highest BCUT2D eigenvalue weighted by Gasteiger charge is 2.24. The van der Waals surface area contributed by atoms with Gasteiger partial charge in [0, 0.05) is 19.3 Å². The maximum atomic E-state index is 12.7. The second-order valence-electron chi connectivity index (χ2n) is 6.30. The van der Waals surface area contributed by atoms with Gasteiger partial charge in [0.1, 0.15) is 0 Å². The van der Waals surface area contributed by atoms with Crippen LogP contribution in [0.4, 0.5) is 5.69 Å². The van der Waals surface area contributed by atoms with Crippen molar-refractivity contribution in [3.63, 3.8) is 0 Å². The number of thiophene rings is 1. The average Bonchev–Trinajstić information content (AvgIpc) is 3.43. The molecule has 0 aliphatic carbocycles. The van der Waals surface area contributed by atoms with Crippen LogP contribution < -0.4 is 5.32 Å². The Hall–Kier alpha value is -3.06. The van der Waals surface area contributed by atoms with Gasteiger partial charge in [0.05, 0.1) is 35.7 Å². The Morgan fingerprint density at radius 2 is 2.14 bits per heavy atom. The summed E-state index contributed by atoms with van der Waals surface area (Å²) in [6, 6.07) is 12.2. The molecule has 0 spiro atoms. The smallest absolute Gasteiger partial charge is 0.257 e. The van der Waals surface area contributed by atoms with Crippen LogP contribution in [0.3, 0.4) is 0 Å². The lowest BCUT2D eigenvalue weighted by Gasteiger charge is -2.26. The van der Waals surface area contributed by atoms with Crippen molar-refractivity contribution in [3.05, 3.63) is 53.2 Å². The third kappa shape index (κ3) is 5.48. The first-order valence-corrected chi connectivity index (χ1v) is 9.89. The highest BCUT2D eigenvalue weighted by molar-refractivity contribution is 7.13. The third-order valence-electron chi connectivity index (χ3n) is 4.33. The van der Waals surface area contributed by atoms with Gasteiger partial charge in [-0.15, -0.1) is 21.5 Å². The number of aromatic nitrogens is 2. The summed E-state index contributed by atoms with van der Waals surface area (Å²) in [6.07, 6.45) is 0. The highest BCUT2D eigenvalue weighted by Crippen LogP contribution is 2.23. The minimum Gasteiger partial charge on any atom is -0.419 e. The lowest BCUT2D eigenvalue weighted by molar-refractivity contribution is -0.121. The van der Waals surface area contributed by atoms with Crippen molar-refractivity contribution < 1.29 is 13.9 Å². The van der Waals surface area contributed by atoms with Crippen LogP contribution in [-0.4, -0.2) is 47.3 Å². The first kappa shape index (κ1) is 20.7. The van der Waals surface area contributed by atoms with E-state index in [2.05, 4.69) is 21.6 Å². The molecule has 1 amide bonds. The molecule has 0 fully saturated rings. The third-order valence-corrected chi connectivity index (χ3v) is 5.19. The van der Waals surface area contributed by atoms with E-state index in [9.17, 15) is 4.79 Å². The second-order valence-corrected chi connectivity index (χ2v) is 7.24. The molecule has 3 rings (SSSR count). The van der Waals surface area contributed by atoms with Gasteiger partial charge in [0.2, 0.25) is 11.8 Å². The Kier molecular flexibility index (Phi) is 7.08. The maximum Gasteiger partial charge on any atom is 0.257 e. The summed E-state index contributed by atoms with van der Waals surface area (Å²) in [5.41, 5.74) is 1.17. The summed E-state index contributed by atoms with van der Waals surface area (Å²) >= 11 is 1.52. The molecule has 8 nitrogen and oxygen atoms in total. The summed E-state index contributed by atoms with van der Waals surface area (Å²) in [5, 5.41) is 21.9. The zero-order chi connectivity index (χ0) is 20.6. The van der Waals surface area contributed by atoms with Crippen molar-refractivity contribution >= 4 is 22.9 Å². The van der Waals surface area contributed by atoms with E-state index < -0.39 is 6.04 Å². The van der Waals surface area contributed by atoms with Gasteiger partial charge in [0.25, 0.3) is 5.89 Å². The Balaban J connectivity index is 1.67. The first-order valence-electron chi connectivity index (χ1n) is 9.01. The largest absolute Gasteiger partial charge is 0.419 e. The predicted octanol–water partition coefficient (Wildman–Crippen LogP) is 3.15. The highest BCUT2D eigenvalue weighted by atomic mass is 32.1. The van der Waals surface area contributed by atoms with E-state index in [-0.39, 0.29) is 5.91 Å². The van der Waals surface area contributed by atoms with E-state index in [4.69, 9.17) is 14.4 Å². The van der Waals surface area contributed by atoms with Crippen LogP contribution in [0.25, 0.3) is 10.8 Å². The Morgan fingerprint density at radius 1 is 1.34 bits per heavy atom. The molecule has 0 bridgehead atoms. The molecule has 9 heteroatoms. The summed E-state index contributed by atoms with van der Waals surface area (Å²) in [6.45, 7) is 3.12. The molecular weight excluding hydrogens is 390 g/mol. The number of nitrogens with one attached hydrogen (secondary N) is 1. The van der Waals surface area contributed by atoms with Crippen molar-refractivity contribution in [2.45, 2.75) is 19.5 Å². The lowest BCUT2D eigenvalue weighted by Crippen LogP contribution is -2.43. The van der Waals surface area contributed by atoms with Crippen LogP contribution in [0, 0.1) is 11.3 Å². The molecule has 0 saturated heterocycles. The fourth-order valence-corrected chi connectivity index (χ4v) is 3.29. The number of anilines is 1.